The fourth-order valence-corrected chi connectivity index (χ4v) is 4.17. The average Bonchev–Trinajstić information content (AvgIpc) is 2.41. The molecule has 2 heterocycles. The Hall–Kier alpha value is -0.370. The van der Waals surface area contributed by atoms with Gasteiger partial charge in [-0.05, 0) is 0 Å². The van der Waals surface area contributed by atoms with E-state index in [0.717, 1.165) is 0 Å². The average molecular weight is 330 g/mol. The van der Waals surface area contributed by atoms with Crippen LogP contribution in [0.25, 0.3) is 0 Å². The highest BCUT2D eigenvalue weighted by atomic mass is 32.2. The Balaban J connectivity index is 2.22. The summed E-state index contributed by atoms with van der Waals surface area (Å²) in [5, 5.41) is 57.0. The highest BCUT2D eigenvalue weighted by Gasteiger charge is 2.53. The minimum absolute atomic E-state index is 0.532. The van der Waals surface area contributed by atoms with Crippen molar-refractivity contribution < 1.29 is 48.5 Å². The van der Waals surface area contributed by atoms with Crippen molar-refractivity contribution in [2.24, 2.45) is 0 Å². The third kappa shape index (κ3) is 2.93. The zero-order chi connectivity index (χ0) is 15.9. The Labute approximate surface area is 120 Å². The van der Waals surface area contributed by atoms with E-state index < -0.39 is 70.5 Å². The van der Waals surface area contributed by atoms with E-state index in [-0.39, 0.29) is 0 Å². The summed E-state index contributed by atoms with van der Waals surface area (Å²) in [5.74, 6) is 0. The molecular weight excluding hydrogens is 312 g/mol. The third-order valence-corrected chi connectivity index (χ3v) is 5.68. The van der Waals surface area contributed by atoms with Crippen LogP contribution in [-0.4, -0.2) is 99.8 Å². The van der Waals surface area contributed by atoms with Crippen molar-refractivity contribution in [2.45, 2.75) is 47.5 Å². The number of hydrogen-bond acceptors (Lipinski definition) is 10. The van der Waals surface area contributed by atoms with Crippen molar-refractivity contribution in [3.8, 4) is 0 Å². The molecule has 2 saturated heterocycles. The first-order valence-electron chi connectivity index (χ1n) is 6.22. The summed E-state index contributed by atoms with van der Waals surface area (Å²) in [5.41, 5.74) is -3.86. The maximum Gasteiger partial charge on any atom is 0.209 e. The van der Waals surface area contributed by atoms with Gasteiger partial charge in [-0.1, -0.05) is 0 Å². The molecule has 0 radical (unpaired) electrons. The number of sulfone groups is 1. The largest absolute Gasteiger partial charge is 0.388 e. The van der Waals surface area contributed by atoms with Crippen molar-refractivity contribution in [1.82, 2.24) is 0 Å². The molecule has 2 fully saturated rings. The van der Waals surface area contributed by atoms with Crippen LogP contribution in [0.4, 0.5) is 0 Å². The first kappa shape index (κ1) is 17.0. The highest BCUT2D eigenvalue weighted by Crippen LogP contribution is 2.28. The predicted molar refractivity (Wildman–Crippen MR) is 64.4 cm³/mol. The van der Waals surface area contributed by atoms with Gasteiger partial charge in [-0.2, -0.15) is 0 Å². The first-order chi connectivity index (χ1) is 9.67. The maximum absolute atomic E-state index is 12.3. The molecule has 0 bridgehead atoms. The lowest BCUT2D eigenvalue weighted by Crippen LogP contribution is -2.62. The Kier molecular flexibility index (Phi) is 4.87. The van der Waals surface area contributed by atoms with Gasteiger partial charge in [0.2, 0.25) is 9.84 Å². The van der Waals surface area contributed by atoms with Gasteiger partial charge >= 0.3 is 0 Å². The molecule has 124 valence electrons. The van der Waals surface area contributed by atoms with Gasteiger partial charge < -0.3 is 40.1 Å². The molecule has 2 aliphatic heterocycles. The van der Waals surface area contributed by atoms with Crippen molar-refractivity contribution in [2.75, 3.05) is 13.2 Å². The molecule has 0 aromatic rings. The lowest BCUT2D eigenvalue weighted by Gasteiger charge is -2.40. The fraction of sp³-hybridized carbons (Fsp3) is 1.00. The normalized spacial score (nSPS) is 49.0. The number of aliphatic hydroxyl groups is 6. The van der Waals surface area contributed by atoms with Gasteiger partial charge in [0.25, 0.3) is 0 Å². The topological polar surface area (TPSA) is 174 Å². The van der Waals surface area contributed by atoms with E-state index in [4.69, 9.17) is 9.47 Å². The van der Waals surface area contributed by atoms with E-state index in [1.54, 1.807) is 0 Å². The lowest BCUT2D eigenvalue weighted by molar-refractivity contribution is -0.175. The summed E-state index contributed by atoms with van der Waals surface area (Å²) in [6, 6.07) is 0. The summed E-state index contributed by atoms with van der Waals surface area (Å²) in [6.45, 7) is -1.06. The van der Waals surface area contributed by atoms with Crippen LogP contribution in [0.15, 0.2) is 0 Å². The molecule has 8 atom stereocenters. The minimum Gasteiger partial charge on any atom is -0.388 e. The van der Waals surface area contributed by atoms with E-state index in [1.807, 2.05) is 0 Å². The standard InChI is InChI=1S/C10H18O10S/c11-3-1-19-9(7(15)5(3)13)21(17,18)10-8(16)6(14)4(12)2-20-10/h3-16H,1-2H2/t3-,4-,5-,6-,7+,8+,9?,10?/m1/s1. The van der Waals surface area contributed by atoms with Crippen LogP contribution in [0, 0.1) is 0 Å². The second-order valence-electron chi connectivity index (χ2n) is 5.09. The van der Waals surface area contributed by atoms with Crippen LogP contribution in [0.2, 0.25) is 0 Å². The summed E-state index contributed by atoms with van der Waals surface area (Å²) >= 11 is 0. The molecule has 0 saturated carbocycles. The zero-order valence-electron chi connectivity index (χ0n) is 10.8. The quantitative estimate of drug-likeness (QED) is 0.288. The second kappa shape index (κ2) is 6.02. The molecule has 0 spiro atoms. The van der Waals surface area contributed by atoms with Crippen LogP contribution in [0.3, 0.4) is 0 Å². The minimum atomic E-state index is -4.48. The van der Waals surface area contributed by atoms with Gasteiger partial charge in [-0.15, -0.1) is 0 Å². The summed E-state index contributed by atoms with van der Waals surface area (Å²) in [7, 11) is -4.48. The molecule has 2 aliphatic rings. The van der Waals surface area contributed by atoms with E-state index in [9.17, 15) is 39.1 Å². The molecule has 2 unspecified atom stereocenters. The van der Waals surface area contributed by atoms with Crippen LogP contribution < -0.4 is 0 Å². The maximum atomic E-state index is 12.3. The third-order valence-electron chi connectivity index (χ3n) is 3.56. The summed E-state index contributed by atoms with van der Waals surface area (Å²) < 4.78 is 34.3. The Morgan fingerprint density at radius 2 is 1.00 bits per heavy atom. The van der Waals surface area contributed by atoms with Crippen LogP contribution in [0.1, 0.15) is 0 Å². The molecule has 0 aromatic carbocycles. The Morgan fingerprint density at radius 1 is 0.667 bits per heavy atom. The first-order valence-corrected chi connectivity index (χ1v) is 7.83. The molecule has 21 heavy (non-hydrogen) atoms. The molecule has 0 aliphatic carbocycles. The fourth-order valence-electron chi connectivity index (χ4n) is 2.27. The van der Waals surface area contributed by atoms with Gasteiger partial charge in [-0.25, -0.2) is 8.42 Å². The van der Waals surface area contributed by atoms with Crippen molar-refractivity contribution in [3.05, 3.63) is 0 Å². The van der Waals surface area contributed by atoms with Gasteiger partial charge in [0.15, 0.2) is 10.9 Å². The van der Waals surface area contributed by atoms with Crippen LogP contribution >= 0.6 is 0 Å². The van der Waals surface area contributed by atoms with Gasteiger partial charge in [0.05, 0.1) is 13.2 Å². The molecule has 0 amide bonds. The molecule has 6 N–H and O–H groups in total. The smallest absolute Gasteiger partial charge is 0.209 e. The summed E-state index contributed by atoms with van der Waals surface area (Å²) in [4.78, 5) is 0. The van der Waals surface area contributed by atoms with Crippen LogP contribution in [-0.2, 0) is 19.3 Å². The monoisotopic (exact) mass is 330 g/mol. The number of aliphatic hydroxyl groups excluding tert-OH is 6. The molecule has 11 heteroatoms. The van der Waals surface area contributed by atoms with Crippen molar-refractivity contribution in [1.29, 1.82) is 0 Å². The van der Waals surface area contributed by atoms with Gasteiger partial charge in [0.1, 0.15) is 36.6 Å². The van der Waals surface area contributed by atoms with E-state index in [2.05, 4.69) is 0 Å². The summed E-state index contributed by atoms with van der Waals surface area (Å²) in [6.07, 6.45) is -10.3. The van der Waals surface area contributed by atoms with Gasteiger partial charge in [0, 0.05) is 0 Å². The van der Waals surface area contributed by atoms with Crippen LogP contribution in [0.5, 0.6) is 0 Å². The predicted octanol–water partition coefficient (Wildman–Crippen LogP) is -4.72. The van der Waals surface area contributed by atoms with E-state index >= 15 is 0 Å². The number of rotatable bonds is 2. The highest BCUT2D eigenvalue weighted by molar-refractivity contribution is 7.92. The second-order valence-corrected chi connectivity index (χ2v) is 7.20. The number of hydrogen-bond donors (Lipinski definition) is 6. The zero-order valence-corrected chi connectivity index (χ0v) is 11.6. The lowest BCUT2D eigenvalue weighted by atomic mass is 10.1. The molecule has 10 nitrogen and oxygen atoms in total. The van der Waals surface area contributed by atoms with Gasteiger partial charge in [-0.3, -0.25) is 0 Å². The Bertz CT molecular complexity index is 430. The number of ether oxygens (including phenoxy) is 2. The molecular formula is C10H18O10S. The van der Waals surface area contributed by atoms with E-state index in [0.29, 0.717) is 0 Å². The SMILES string of the molecule is O=S(=O)(C1OC[C@@H](O)[C@@H](O)[C@@H]1O)C1OC[C@@H](O)[C@@H](O)[C@@H]1O. The van der Waals surface area contributed by atoms with E-state index in [1.165, 1.54) is 0 Å². The Morgan fingerprint density at radius 3 is 1.33 bits per heavy atom. The van der Waals surface area contributed by atoms with Crippen molar-refractivity contribution >= 4 is 9.84 Å². The molecule has 0 aromatic heterocycles. The molecule has 2 rings (SSSR count). The van der Waals surface area contributed by atoms with Crippen molar-refractivity contribution in [3.63, 3.8) is 0 Å².